The lowest BCUT2D eigenvalue weighted by Crippen LogP contribution is -2.45. The Balaban J connectivity index is 1.90. The maximum Gasteiger partial charge on any atom is 0.328 e. The minimum absolute atomic E-state index is 0.263. The largest absolute Gasteiger partial charge is 0.496 e. The molecule has 1 atom stereocenters. The second-order valence-corrected chi connectivity index (χ2v) is 6.85. The molecule has 0 saturated heterocycles. The Kier molecular flexibility index (Phi) is 7.22. The number of benzene rings is 3. The van der Waals surface area contributed by atoms with E-state index in [1.807, 2.05) is 84.9 Å². The summed E-state index contributed by atoms with van der Waals surface area (Å²) in [5, 5.41) is 2.90. The van der Waals surface area contributed by atoms with Crippen molar-refractivity contribution in [1.29, 1.82) is 0 Å². The topological polar surface area (TPSA) is 64.6 Å². The van der Waals surface area contributed by atoms with Crippen LogP contribution in [0.4, 0.5) is 0 Å². The Hall–Kier alpha value is -3.60. The highest BCUT2D eigenvalue weighted by Crippen LogP contribution is 2.26. The molecule has 0 unspecified atom stereocenters. The Morgan fingerprint density at radius 3 is 1.87 bits per heavy atom. The summed E-state index contributed by atoms with van der Waals surface area (Å²) in [7, 11) is 2.89. The first-order valence-electron chi connectivity index (χ1n) is 9.74. The van der Waals surface area contributed by atoms with Crippen molar-refractivity contribution in [3.05, 3.63) is 102 Å². The molecular formula is C25H25NO4. The second kappa shape index (κ2) is 10.3. The first kappa shape index (κ1) is 21.1. The van der Waals surface area contributed by atoms with Crippen molar-refractivity contribution in [2.24, 2.45) is 0 Å². The van der Waals surface area contributed by atoms with Gasteiger partial charge in [-0.2, -0.15) is 0 Å². The van der Waals surface area contributed by atoms with Gasteiger partial charge in [-0.3, -0.25) is 4.79 Å². The molecule has 1 amide bonds. The van der Waals surface area contributed by atoms with Crippen molar-refractivity contribution >= 4 is 11.9 Å². The van der Waals surface area contributed by atoms with E-state index in [4.69, 9.17) is 9.47 Å². The summed E-state index contributed by atoms with van der Waals surface area (Å²) < 4.78 is 10.3. The lowest BCUT2D eigenvalue weighted by Gasteiger charge is -2.22. The minimum atomic E-state index is -0.839. The maximum atomic E-state index is 13.4. The second-order valence-electron chi connectivity index (χ2n) is 6.85. The monoisotopic (exact) mass is 403 g/mol. The van der Waals surface area contributed by atoms with Gasteiger partial charge in [-0.25, -0.2) is 4.79 Å². The third-order valence-electron chi connectivity index (χ3n) is 4.95. The Bertz CT molecular complexity index is 933. The van der Waals surface area contributed by atoms with Crippen molar-refractivity contribution in [3.63, 3.8) is 0 Å². The fourth-order valence-corrected chi connectivity index (χ4v) is 3.47. The van der Waals surface area contributed by atoms with Crippen LogP contribution < -0.4 is 10.1 Å². The Morgan fingerprint density at radius 1 is 0.800 bits per heavy atom. The van der Waals surface area contributed by atoms with Crippen molar-refractivity contribution in [1.82, 2.24) is 5.32 Å². The Morgan fingerprint density at radius 2 is 1.33 bits per heavy atom. The van der Waals surface area contributed by atoms with Crippen LogP contribution >= 0.6 is 0 Å². The van der Waals surface area contributed by atoms with Gasteiger partial charge in [0.25, 0.3) is 0 Å². The van der Waals surface area contributed by atoms with Gasteiger partial charge in [-0.15, -0.1) is 0 Å². The predicted octanol–water partition coefficient (Wildman–Crippen LogP) is 3.73. The molecule has 30 heavy (non-hydrogen) atoms. The fraction of sp³-hybridized carbons (Fsp3) is 0.200. The molecule has 0 radical (unpaired) electrons. The number of rotatable bonds is 8. The molecule has 0 spiro atoms. The number of carbonyl (C=O) groups is 2. The van der Waals surface area contributed by atoms with Gasteiger partial charge in [0.1, 0.15) is 11.8 Å². The number of amides is 1. The van der Waals surface area contributed by atoms with Gasteiger partial charge in [0.05, 0.1) is 20.1 Å². The number of nitrogens with one attached hydrogen (secondary N) is 1. The van der Waals surface area contributed by atoms with Crippen molar-refractivity contribution < 1.29 is 19.1 Å². The number of carbonyl (C=O) groups excluding carboxylic acids is 2. The number of para-hydroxylation sites is 1. The number of hydrogen-bond donors (Lipinski definition) is 1. The standard InChI is InChI=1S/C25H25NO4/c1-29-22-16-10-9-15-20(22)17-21(25(28)30-2)26-24(27)23(18-11-5-3-6-12-18)19-13-7-4-8-14-19/h3-16,21,23H,17H2,1-2H3,(H,26,27)/t21-/m0/s1. The summed E-state index contributed by atoms with van der Waals surface area (Å²) in [6.07, 6.45) is 0.263. The van der Waals surface area contributed by atoms with Gasteiger partial charge >= 0.3 is 5.97 Å². The summed E-state index contributed by atoms with van der Waals surface area (Å²) in [5.41, 5.74) is 2.51. The van der Waals surface area contributed by atoms with Crippen LogP contribution in [0.2, 0.25) is 0 Å². The molecule has 5 heteroatoms. The number of methoxy groups -OCH3 is 2. The molecule has 0 aliphatic rings. The van der Waals surface area contributed by atoms with Gasteiger partial charge in [-0.05, 0) is 22.8 Å². The lowest BCUT2D eigenvalue weighted by molar-refractivity contribution is -0.145. The number of hydrogen-bond acceptors (Lipinski definition) is 4. The third-order valence-corrected chi connectivity index (χ3v) is 4.95. The molecule has 3 rings (SSSR count). The van der Waals surface area contributed by atoms with E-state index in [0.29, 0.717) is 5.75 Å². The molecule has 5 nitrogen and oxygen atoms in total. The predicted molar refractivity (Wildman–Crippen MR) is 115 cm³/mol. The summed E-state index contributed by atoms with van der Waals surface area (Å²) in [6, 6.07) is 25.6. The van der Waals surface area contributed by atoms with Crippen LogP contribution in [-0.2, 0) is 20.7 Å². The lowest BCUT2D eigenvalue weighted by atomic mass is 9.90. The molecule has 0 fully saturated rings. The van der Waals surface area contributed by atoms with E-state index in [1.165, 1.54) is 7.11 Å². The van der Waals surface area contributed by atoms with Crippen LogP contribution in [0.15, 0.2) is 84.9 Å². The summed E-state index contributed by atoms with van der Waals surface area (Å²) in [6.45, 7) is 0. The molecule has 0 aliphatic heterocycles. The Labute approximate surface area is 176 Å². The zero-order valence-electron chi connectivity index (χ0n) is 17.1. The van der Waals surface area contributed by atoms with Crippen molar-refractivity contribution in [3.8, 4) is 5.75 Å². The van der Waals surface area contributed by atoms with Crippen LogP contribution in [0.1, 0.15) is 22.6 Å². The summed E-state index contributed by atoms with van der Waals surface area (Å²) >= 11 is 0. The van der Waals surface area contributed by atoms with Crippen molar-refractivity contribution in [2.45, 2.75) is 18.4 Å². The van der Waals surface area contributed by atoms with E-state index in [0.717, 1.165) is 16.7 Å². The molecule has 1 N–H and O–H groups in total. The molecule has 0 aliphatic carbocycles. The number of esters is 1. The molecule has 0 aromatic heterocycles. The smallest absolute Gasteiger partial charge is 0.328 e. The molecule has 3 aromatic rings. The normalized spacial score (nSPS) is 11.6. The van der Waals surface area contributed by atoms with Gasteiger partial charge in [-0.1, -0.05) is 78.9 Å². The van der Waals surface area contributed by atoms with E-state index in [-0.39, 0.29) is 12.3 Å². The zero-order valence-corrected chi connectivity index (χ0v) is 17.1. The fourth-order valence-electron chi connectivity index (χ4n) is 3.47. The van der Waals surface area contributed by atoms with Crippen molar-refractivity contribution in [2.75, 3.05) is 14.2 Å². The zero-order chi connectivity index (χ0) is 21.3. The third kappa shape index (κ3) is 5.06. The van der Waals surface area contributed by atoms with E-state index in [2.05, 4.69) is 5.32 Å². The maximum absolute atomic E-state index is 13.4. The summed E-state index contributed by atoms with van der Waals surface area (Å²) in [5.74, 6) is -0.660. The highest BCUT2D eigenvalue weighted by Gasteiger charge is 2.29. The van der Waals surface area contributed by atoms with Gasteiger partial charge in [0, 0.05) is 6.42 Å². The van der Waals surface area contributed by atoms with Crippen LogP contribution in [-0.4, -0.2) is 32.1 Å². The van der Waals surface area contributed by atoms with Gasteiger partial charge < -0.3 is 14.8 Å². The van der Waals surface area contributed by atoms with Gasteiger partial charge in [0.2, 0.25) is 5.91 Å². The number of ether oxygens (including phenoxy) is 2. The van der Waals surface area contributed by atoms with E-state index < -0.39 is 17.9 Å². The molecule has 0 heterocycles. The molecule has 154 valence electrons. The first-order chi connectivity index (χ1) is 14.6. The van der Waals surface area contributed by atoms with Crippen LogP contribution in [0.25, 0.3) is 0 Å². The summed E-state index contributed by atoms with van der Waals surface area (Å²) in [4.78, 5) is 25.8. The van der Waals surface area contributed by atoms with Gasteiger partial charge in [0.15, 0.2) is 0 Å². The SMILES string of the molecule is COC(=O)[C@H](Cc1ccccc1OC)NC(=O)C(c1ccccc1)c1ccccc1. The average molecular weight is 403 g/mol. The van der Waals surface area contributed by atoms with E-state index in [1.54, 1.807) is 7.11 Å². The van der Waals surface area contributed by atoms with E-state index >= 15 is 0 Å². The van der Waals surface area contributed by atoms with Crippen LogP contribution in [0.5, 0.6) is 5.75 Å². The molecule has 3 aromatic carbocycles. The first-order valence-corrected chi connectivity index (χ1v) is 9.74. The average Bonchev–Trinajstić information content (AvgIpc) is 2.80. The quantitative estimate of drug-likeness (QED) is 0.582. The molecular weight excluding hydrogens is 378 g/mol. The molecule has 0 bridgehead atoms. The van der Waals surface area contributed by atoms with E-state index in [9.17, 15) is 9.59 Å². The highest BCUT2D eigenvalue weighted by atomic mass is 16.5. The van der Waals surface area contributed by atoms with Crippen LogP contribution in [0.3, 0.4) is 0 Å². The highest BCUT2D eigenvalue weighted by molar-refractivity contribution is 5.91. The van der Waals surface area contributed by atoms with Crippen LogP contribution in [0, 0.1) is 0 Å². The minimum Gasteiger partial charge on any atom is -0.496 e. The molecule has 0 saturated carbocycles.